The van der Waals surface area contributed by atoms with Crippen molar-refractivity contribution in [3.8, 4) is 17.2 Å². The van der Waals surface area contributed by atoms with Crippen molar-refractivity contribution in [1.29, 1.82) is 0 Å². The summed E-state index contributed by atoms with van der Waals surface area (Å²) in [4.78, 5) is 38.7. The zero-order valence-corrected chi connectivity index (χ0v) is 23.7. The second kappa shape index (κ2) is 11.8. The molecule has 0 unspecified atom stereocenters. The number of anilines is 1. The minimum atomic E-state index is -0.726. The molecule has 3 aromatic carbocycles. The van der Waals surface area contributed by atoms with Crippen molar-refractivity contribution < 1.29 is 28.7 Å². The van der Waals surface area contributed by atoms with Crippen LogP contribution in [-0.2, 0) is 9.59 Å². The van der Waals surface area contributed by atoms with Crippen molar-refractivity contribution in [2.75, 3.05) is 26.6 Å². The number of hydrogen-bond acceptors (Lipinski definition) is 8. The lowest BCUT2D eigenvalue weighted by atomic mass is 9.71. The molecule has 1 aliphatic heterocycles. The van der Waals surface area contributed by atoms with Gasteiger partial charge < -0.3 is 24.8 Å². The maximum atomic E-state index is 13.9. The summed E-state index contributed by atoms with van der Waals surface area (Å²) in [7, 11) is 4.65. The summed E-state index contributed by atoms with van der Waals surface area (Å²) in [6.07, 6.45) is 0.749. The van der Waals surface area contributed by atoms with Gasteiger partial charge in [0.15, 0.2) is 17.3 Å². The molecule has 216 valence electrons. The molecule has 10 heteroatoms. The van der Waals surface area contributed by atoms with E-state index in [1.807, 2.05) is 18.2 Å². The average Bonchev–Trinajstić information content (AvgIpc) is 3.00. The molecule has 10 nitrogen and oxygen atoms in total. The van der Waals surface area contributed by atoms with E-state index >= 15 is 0 Å². The van der Waals surface area contributed by atoms with E-state index in [2.05, 4.69) is 10.6 Å². The normalized spacial score (nSPS) is 18.1. The first kappa shape index (κ1) is 28.4. The van der Waals surface area contributed by atoms with Crippen LogP contribution in [0, 0.1) is 10.1 Å². The van der Waals surface area contributed by atoms with Crippen LogP contribution < -0.4 is 24.8 Å². The highest BCUT2D eigenvalue weighted by molar-refractivity contribution is 6.10. The van der Waals surface area contributed by atoms with Crippen molar-refractivity contribution in [2.24, 2.45) is 0 Å². The molecular formula is C32H31N3O7. The van der Waals surface area contributed by atoms with Crippen LogP contribution in [0.1, 0.15) is 42.7 Å². The maximum absolute atomic E-state index is 13.9. The third-order valence-corrected chi connectivity index (χ3v) is 7.74. The summed E-state index contributed by atoms with van der Waals surface area (Å²) >= 11 is 0. The Morgan fingerprint density at radius 1 is 0.905 bits per heavy atom. The van der Waals surface area contributed by atoms with Gasteiger partial charge in [-0.25, -0.2) is 0 Å². The number of Topliss-reactive ketones (excluding diaryl/α,β-unsaturated/α-hetero) is 1. The molecule has 2 aliphatic rings. The summed E-state index contributed by atoms with van der Waals surface area (Å²) in [5.41, 5.74) is 4.09. The van der Waals surface area contributed by atoms with Crippen molar-refractivity contribution in [1.82, 2.24) is 5.32 Å². The van der Waals surface area contributed by atoms with Crippen molar-refractivity contribution >= 4 is 23.1 Å². The van der Waals surface area contributed by atoms with Crippen LogP contribution in [0.25, 0.3) is 0 Å². The molecule has 2 atom stereocenters. The van der Waals surface area contributed by atoms with Gasteiger partial charge in [-0.3, -0.25) is 19.7 Å². The molecule has 0 radical (unpaired) electrons. The third kappa shape index (κ3) is 5.30. The molecule has 3 aromatic rings. The standard InChI is InChI=1S/C32H31N3O7/c1-18-29(32(37)34-23-7-5-6-8-26(23)40-2)30(19-9-12-22(13-10-19)35(38)39)31-24(33-18)15-21(16-25(31)36)20-11-14-27(41-3)28(17-20)42-4/h5-14,17,21,30,33H,15-16H2,1-4H3,(H,34,37)/t21-,30+/m0/s1. The fraction of sp³-hybridized carbons (Fsp3) is 0.250. The highest BCUT2D eigenvalue weighted by atomic mass is 16.6. The number of rotatable bonds is 8. The van der Waals surface area contributed by atoms with Crippen LogP contribution in [0.5, 0.6) is 17.2 Å². The fourth-order valence-corrected chi connectivity index (χ4v) is 5.74. The Kier molecular flexibility index (Phi) is 7.97. The first-order valence-corrected chi connectivity index (χ1v) is 13.4. The second-order valence-corrected chi connectivity index (χ2v) is 10.1. The molecule has 42 heavy (non-hydrogen) atoms. The quantitative estimate of drug-likeness (QED) is 0.264. The van der Waals surface area contributed by atoms with E-state index in [4.69, 9.17) is 14.2 Å². The summed E-state index contributed by atoms with van der Waals surface area (Å²) in [5, 5.41) is 17.6. The van der Waals surface area contributed by atoms with Gasteiger partial charge in [0.05, 0.1) is 31.9 Å². The number of allylic oxidation sites excluding steroid dienone is 3. The zero-order chi connectivity index (χ0) is 30.0. The van der Waals surface area contributed by atoms with Gasteiger partial charge >= 0.3 is 0 Å². The van der Waals surface area contributed by atoms with Gasteiger partial charge in [0.1, 0.15) is 5.75 Å². The van der Waals surface area contributed by atoms with Crippen LogP contribution in [-0.4, -0.2) is 37.9 Å². The Labute approximate surface area is 243 Å². The fourth-order valence-electron chi connectivity index (χ4n) is 5.74. The Balaban J connectivity index is 1.56. The predicted molar refractivity (Wildman–Crippen MR) is 157 cm³/mol. The number of non-ortho nitro benzene ring substituents is 1. The van der Waals surface area contributed by atoms with E-state index in [1.165, 1.54) is 19.2 Å². The summed E-state index contributed by atoms with van der Waals surface area (Å²) in [5.74, 6) is 0.298. The maximum Gasteiger partial charge on any atom is 0.269 e. The Hall–Kier alpha value is -5.12. The van der Waals surface area contributed by atoms with Gasteiger partial charge in [-0.2, -0.15) is 0 Å². The lowest BCUT2D eigenvalue weighted by molar-refractivity contribution is -0.384. The van der Waals surface area contributed by atoms with Crippen LogP contribution in [0.15, 0.2) is 89.3 Å². The molecule has 0 saturated carbocycles. The smallest absolute Gasteiger partial charge is 0.269 e. The number of carbonyl (C=O) groups is 2. The number of nitrogens with one attached hydrogen (secondary N) is 2. The summed E-state index contributed by atoms with van der Waals surface area (Å²) in [6, 6.07) is 18.7. The molecule has 0 fully saturated rings. The van der Waals surface area contributed by atoms with Gasteiger partial charge in [-0.1, -0.05) is 30.3 Å². The topological polar surface area (TPSA) is 129 Å². The summed E-state index contributed by atoms with van der Waals surface area (Å²) in [6.45, 7) is 1.80. The number of para-hydroxylation sites is 2. The monoisotopic (exact) mass is 569 g/mol. The first-order valence-electron chi connectivity index (χ1n) is 13.4. The molecule has 1 aliphatic carbocycles. The molecule has 0 spiro atoms. The number of nitro benzene ring substituents is 1. The minimum absolute atomic E-state index is 0.0777. The number of ether oxygens (including phenoxy) is 3. The molecule has 0 bridgehead atoms. The van der Waals surface area contributed by atoms with Gasteiger partial charge in [0.2, 0.25) is 0 Å². The minimum Gasteiger partial charge on any atom is -0.495 e. The number of dihydropyridines is 1. The number of nitrogens with zero attached hydrogens (tertiary/aromatic N) is 1. The lowest BCUT2D eigenvalue weighted by Gasteiger charge is -2.37. The highest BCUT2D eigenvalue weighted by Crippen LogP contribution is 2.46. The molecule has 1 amide bonds. The number of hydrogen-bond donors (Lipinski definition) is 2. The predicted octanol–water partition coefficient (Wildman–Crippen LogP) is 5.62. The van der Waals surface area contributed by atoms with Crippen molar-refractivity contribution in [3.05, 3.63) is 111 Å². The van der Waals surface area contributed by atoms with Gasteiger partial charge in [0.25, 0.3) is 11.6 Å². The van der Waals surface area contributed by atoms with Gasteiger partial charge in [0, 0.05) is 47.0 Å². The molecule has 0 saturated heterocycles. The largest absolute Gasteiger partial charge is 0.495 e. The molecule has 1 heterocycles. The zero-order valence-electron chi connectivity index (χ0n) is 23.7. The third-order valence-electron chi connectivity index (χ3n) is 7.74. The number of methoxy groups -OCH3 is 3. The molecular weight excluding hydrogens is 538 g/mol. The van der Waals surface area contributed by atoms with Gasteiger partial charge in [-0.05, 0) is 54.7 Å². The van der Waals surface area contributed by atoms with Crippen molar-refractivity contribution in [2.45, 2.75) is 31.6 Å². The second-order valence-electron chi connectivity index (χ2n) is 10.1. The lowest BCUT2D eigenvalue weighted by Crippen LogP contribution is -2.37. The SMILES string of the molecule is COc1ccccc1NC(=O)C1=C(C)NC2=C(C(=O)C[C@@H](c3ccc(OC)c(OC)c3)C2)[C@@H]1c1ccc([N+](=O)[O-])cc1. The van der Waals surface area contributed by atoms with E-state index < -0.39 is 16.7 Å². The number of amides is 1. The molecule has 2 N–H and O–H groups in total. The van der Waals surface area contributed by atoms with E-state index in [-0.39, 0.29) is 23.8 Å². The Bertz CT molecular complexity index is 1630. The van der Waals surface area contributed by atoms with E-state index in [0.29, 0.717) is 51.8 Å². The number of nitro groups is 1. The average molecular weight is 570 g/mol. The highest BCUT2D eigenvalue weighted by Gasteiger charge is 2.41. The molecule has 5 rings (SSSR count). The first-order chi connectivity index (χ1) is 20.2. The van der Waals surface area contributed by atoms with Gasteiger partial charge in [-0.15, -0.1) is 0 Å². The Morgan fingerprint density at radius 2 is 1.57 bits per heavy atom. The van der Waals surface area contributed by atoms with E-state index in [9.17, 15) is 19.7 Å². The van der Waals surface area contributed by atoms with Crippen LogP contribution >= 0.6 is 0 Å². The van der Waals surface area contributed by atoms with Crippen LogP contribution in [0.3, 0.4) is 0 Å². The molecule has 0 aromatic heterocycles. The van der Waals surface area contributed by atoms with E-state index in [1.54, 1.807) is 57.5 Å². The number of carbonyl (C=O) groups excluding carboxylic acids is 2. The summed E-state index contributed by atoms with van der Waals surface area (Å²) < 4.78 is 16.3. The van der Waals surface area contributed by atoms with E-state index in [0.717, 1.165) is 11.3 Å². The number of benzene rings is 3. The number of ketones is 1. The van der Waals surface area contributed by atoms with Crippen LogP contribution in [0.2, 0.25) is 0 Å². The Morgan fingerprint density at radius 3 is 2.24 bits per heavy atom. The van der Waals surface area contributed by atoms with Crippen molar-refractivity contribution in [3.63, 3.8) is 0 Å². The van der Waals surface area contributed by atoms with Crippen LogP contribution in [0.4, 0.5) is 11.4 Å².